The highest BCUT2D eigenvalue weighted by Crippen LogP contribution is 2.32. The second-order valence-electron chi connectivity index (χ2n) is 7.68. The van der Waals surface area contributed by atoms with Crippen LogP contribution in [-0.4, -0.2) is 53.2 Å². The molecule has 9 heteroatoms. The first kappa shape index (κ1) is 21.3. The highest BCUT2D eigenvalue weighted by molar-refractivity contribution is 5.94. The number of aryl methyl sites for hydroxylation is 1. The van der Waals surface area contributed by atoms with Crippen molar-refractivity contribution < 1.29 is 18.6 Å². The Morgan fingerprint density at radius 3 is 2.71 bits per heavy atom. The van der Waals surface area contributed by atoms with Gasteiger partial charge in [0, 0.05) is 35.6 Å². The predicted octanol–water partition coefficient (Wildman–Crippen LogP) is 3.43. The topological polar surface area (TPSA) is 83.4 Å². The van der Waals surface area contributed by atoms with Crippen LogP contribution in [0.25, 0.3) is 10.8 Å². The molecule has 0 radical (unpaired) electrons. The molecule has 0 spiro atoms. The summed E-state index contributed by atoms with van der Waals surface area (Å²) in [6, 6.07) is 7.71. The minimum absolute atomic E-state index is 0.222. The molecule has 2 N–H and O–H groups in total. The number of alkyl halides is 2. The van der Waals surface area contributed by atoms with Gasteiger partial charge in [0.05, 0.1) is 24.9 Å². The Balaban J connectivity index is 1.66. The predicted molar refractivity (Wildman–Crippen MR) is 115 cm³/mol. The van der Waals surface area contributed by atoms with E-state index in [4.69, 9.17) is 9.84 Å². The van der Waals surface area contributed by atoms with Crippen LogP contribution in [-0.2, 0) is 10.7 Å². The van der Waals surface area contributed by atoms with E-state index < -0.39 is 12.5 Å². The van der Waals surface area contributed by atoms with E-state index in [0.717, 1.165) is 35.4 Å². The zero-order valence-electron chi connectivity index (χ0n) is 17.5. The second kappa shape index (κ2) is 8.68. The minimum atomic E-state index is -3.29. The lowest BCUT2D eigenvalue weighted by Gasteiger charge is -2.28. The average Bonchev–Trinajstić information content (AvgIpc) is 2.81. The molecule has 1 aliphatic heterocycles. The van der Waals surface area contributed by atoms with E-state index in [2.05, 4.69) is 25.4 Å². The van der Waals surface area contributed by atoms with Crippen LogP contribution >= 0.6 is 0 Å². The number of morpholine rings is 1. The molecule has 2 aromatic heterocycles. The molecule has 0 aliphatic carbocycles. The first-order valence-corrected chi connectivity index (χ1v) is 10.2. The second-order valence-corrected chi connectivity index (χ2v) is 7.68. The first-order valence-electron chi connectivity index (χ1n) is 10.2. The summed E-state index contributed by atoms with van der Waals surface area (Å²) in [6.07, 6.45) is 1.79. The Morgan fingerprint density at radius 2 is 1.97 bits per heavy atom. The number of rotatable bonds is 6. The Labute approximate surface area is 179 Å². The SMILES string of the molecule is Cc1nnc(NC(C)c2cccc(C(F)(F)CO)c2)c2cc(N3CCOCC3)ncc12. The van der Waals surface area contributed by atoms with Crippen molar-refractivity contribution in [3.05, 3.63) is 53.3 Å². The third-order valence-corrected chi connectivity index (χ3v) is 5.53. The molecule has 7 nitrogen and oxygen atoms in total. The van der Waals surface area contributed by atoms with Crippen molar-refractivity contribution in [2.75, 3.05) is 43.1 Å². The molecular weight excluding hydrogens is 404 g/mol. The Kier molecular flexibility index (Phi) is 5.97. The fourth-order valence-corrected chi connectivity index (χ4v) is 3.65. The van der Waals surface area contributed by atoms with Gasteiger partial charge in [-0.2, -0.15) is 13.9 Å². The van der Waals surface area contributed by atoms with Gasteiger partial charge in [-0.3, -0.25) is 0 Å². The number of hydrogen-bond donors (Lipinski definition) is 2. The standard InChI is InChI=1S/C22H25F2N5O2/c1-14(16-4-3-5-17(10-16)22(23,24)13-30)26-21-18-11-20(29-6-8-31-9-7-29)25-12-19(18)15(2)27-28-21/h3-5,10-12,14,30H,6-9,13H2,1-2H3,(H,26,28). The number of aliphatic hydroxyl groups is 1. The minimum Gasteiger partial charge on any atom is -0.390 e. The Hall–Kier alpha value is -2.91. The summed E-state index contributed by atoms with van der Waals surface area (Å²) >= 11 is 0. The van der Waals surface area contributed by atoms with Gasteiger partial charge in [0.15, 0.2) is 5.82 Å². The lowest BCUT2D eigenvalue weighted by Crippen LogP contribution is -2.36. The summed E-state index contributed by atoms with van der Waals surface area (Å²) in [4.78, 5) is 6.74. The van der Waals surface area contributed by atoms with Crippen LogP contribution in [0, 0.1) is 6.92 Å². The number of ether oxygens (including phenoxy) is 1. The number of anilines is 2. The molecule has 1 fully saturated rings. The summed E-state index contributed by atoms with van der Waals surface area (Å²) in [7, 11) is 0. The van der Waals surface area contributed by atoms with E-state index in [1.165, 1.54) is 12.1 Å². The van der Waals surface area contributed by atoms with Gasteiger partial charge in [-0.05, 0) is 31.5 Å². The summed E-state index contributed by atoms with van der Waals surface area (Å²) in [5, 5.41) is 22.6. The molecule has 3 heterocycles. The lowest BCUT2D eigenvalue weighted by molar-refractivity contribution is -0.0556. The third-order valence-electron chi connectivity index (χ3n) is 5.53. The molecule has 0 amide bonds. The van der Waals surface area contributed by atoms with Gasteiger partial charge in [0.25, 0.3) is 5.92 Å². The average molecular weight is 429 g/mol. The van der Waals surface area contributed by atoms with Crippen LogP contribution in [0.4, 0.5) is 20.4 Å². The number of benzene rings is 1. The van der Waals surface area contributed by atoms with Gasteiger partial charge in [-0.15, -0.1) is 5.10 Å². The Morgan fingerprint density at radius 1 is 1.19 bits per heavy atom. The van der Waals surface area contributed by atoms with E-state index in [9.17, 15) is 8.78 Å². The normalized spacial score (nSPS) is 15.8. The van der Waals surface area contributed by atoms with E-state index in [-0.39, 0.29) is 11.6 Å². The first-order chi connectivity index (χ1) is 14.9. The Bertz CT molecular complexity index is 1070. The largest absolute Gasteiger partial charge is 0.390 e. The van der Waals surface area contributed by atoms with Gasteiger partial charge in [-0.1, -0.05) is 18.2 Å². The summed E-state index contributed by atoms with van der Waals surface area (Å²) in [5.74, 6) is -1.89. The fraction of sp³-hybridized carbons (Fsp3) is 0.409. The van der Waals surface area contributed by atoms with Crippen molar-refractivity contribution in [1.82, 2.24) is 15.2 Å². The molecular formula is C22H25F2N5O2. The quantitative estimate of drug-likeness (QED) is 0.621. The molecule has 1 atom stereocenters. The monoisotopic (exact) mass is 429 g/mol. The number of hydrogen-bond acceptors (Lipinski definition) is 7. The van der Waals surface area contributed by atoms with Crippen LogP contribution in [0.2, 0.25) is 0 Å². The maximum atomic E-state index is 13.9. The number of fused-ring (bicyclic) bond motifs is 1. The van der Waals surface area contributed by atoms with E-state index in [0.29, 0.717) is 24.6 Å². The number of nitrogens with zero attached hydrogens (tertiary/aromatic N) is 4. The summed E-state index contributed by atoms with van der Waals surface area (Å²) in [6.45, 7) is 5.35. The fourth-order valence-electron chi connectivity index (χ4n) is 3.65. The molecule has 0 saturated carbocycles. The van der Waals surface area contributed by atoms with Crippen LogP contribution in [0.3, 0.4) is 0 Å². The number of nitrogens with one attached hydrogen (secondary N) is 1. The van der Waals surface area contributed by atoms with Crippen molar-refractivity contribution >= 4 is 22.4 Å². The maximum absolute atomic E-state index is 13.9. The van der Waals surface area contributed by atoms with Crippen molar-refractivity contribution in [1.29, 1.82) is 0 Å². The third kappa shape index (κ3) is 4.42. The molecule has 1 saturated heterocycles. The van der Waals surface area contributed by atoms with Crippen molar-refractivity contribution in [2.24, 2.45) is 0 Å². The van der Waals surface area contributed by atoms with Crippen LogP contribution in [0.1, 0.15) is 29.8 Å². The molecule has 4 rings (SSSR count). The summed E-state index contributed by atoms with van der Waals surface area (Å²) in [5.41, 5.74) is 1.20. The van der Waals surface area contributed by atoms with Crippen LogP contribution < -0.4 is 10.2 Å². The van der Waals surface area contributed by atoms with Gasteiger partial charge >= 0.3 is 0 Å². The zero-order chi connectivity index (χ0) is 22.0. The van der Waals surface area contributed by atoms with E-state index >= 15 is 0 Å². The maximum Gasteiger partial charge on any atom is 0.295 e. The zero-order valence-corrected chi connectivity index (χ0v) is 17.5. The van der Waals surface area contributed by atoms with Crippen LogP contribution in [0.5, 0.6) is 0 Å². The smallest absolute Gasteiger partial charge is 0.295 e. The van der Waals surface area contributed by atoms with Crippen LogP contribution in [0.15, 0.2) is 36.5 Å². The molecule has 3 aromatic rings. The van der Waals surface area contributed by atoms with Gasteiger partial charge in [0.2, 0.25) is 0 Å². The molecule has 1 unspecified atom stereocenters. The molecule has 1 aliphatic rings. The summed E-state index contributed by atoms with van der Waals surface area (Å²) < 4.78 is 33.3. The van der Waals surface area contributed by atoms with E-state index in [1.54, 1.807) is 18.3 Å². The van der Waals surface area contributed by atoms with E-state index in [1.807, 2.05) is 19.9 Å². The number of pyridine rings is 1. The van der Waals surface area contributed by atoms with Gasteiger partial charge in [0.1, 0.15) is 12.4 Å². The highest BCUT2D eigenvalue weighted by atomic mass is 19.3. The van der Waals surface area contributed by atoms with Gasteiger partial charge in [-0.25, -0.2) is 4.98 Å². The van der Waals surface area contributed by atoms with Crippen molar-refractivity contribution in [3.63, 3.8) is 0 Å². The lowest BCUT2D eigenvalue weighted by atomic mass is 10.0. The van der Waals surface area contributed by atoms with Crippen molar-refractivity contribution in [2.45, 2.75) is 25.8 Å². The number of halogens is 2. The number of aliphatic hydroxyl groups excluding tert-OH is 1. The molecule has 31 heavy (non-hydrogen) atoms. The highest BCUT2D eigenvalue weighted by Gasteiger charge is 2.30. The molecule has 164 valence electrons. The molecule has 0 bridgehead atoms. The molecule has 1 aromatic carbocycles. The number of aromatic nitrogens is 3. The van der Waals surface area contributed by atoms with Crippen molar-refractivity contribution in [3.8, 4) is 0 Å². The van der Waals surface area contributed by atoms with Gasteiger partial charge < -0.3 is 20.1 Å².